The van der Waals surface area contributed by atoms with Crippen LogP contribution in [0.2, 0.25) is 0 Å². The van der Waals surface area contributed by atoms with E-state index in [1.165, 1.54) is 6.07 Å². The normalized spacial score (nSPS) is 13.2. The van der Waals surface area contributed by atoms with Crippen molar-refractivity contribution >= 4 is 28.3 Å². The van der Waals surface area contributed by atoms with Crippen LogP contribution in [-0.4, -0.2) is 0 Å². The van der Waals surface area contributed by atoms with Crippen LogP contribution < -0.4 is 5.73 Å². The fourth-order valence-corrected chi connectivity index (χ4v) is 1.45. The van der Waals surface area contributed by atoms with Crippen molar-refractivity contribution in [3.63, 3.8) is 0 Å². The highest BCUT2D eigenvalue weighted by Crippen LogP contribution is 2.31. The molecule has 15 heavy (non-hydrogen) atoms. The first kappa shape index (κ1) is 14.9. The van der Waals surface area contributed by atoms with Gasteiger partial charge in [-0.3, -0.25) is 0 Å². The van der Waals surface area contributed by atoms with Crippen molar-refractivity contribution in [2.24, 2.45) is 11.1 Å². The zero-order valence-electron chi connectivity index (χ0n) is 9.05. The third-order valence-electron chi connectivity index (χ3n) is 2.24. The Kier molecular flexibility index (Phi) is 5.24. The highest BCUT2D eigenvalue weighted by atomic mass is 79.9. The minimum atomic E-state index is -0.262. The average molecular weight is 297 g/mol. The molecule has 0 aromatic heterocycles. The summed E-state index contributed by atoms with van der Waals surface area (Å²) in [5, 5.41) is 0. The molecule has 0 aliphatic heterocycles. The van der Waals surface area contributed by atoms with Crippen LogP contribution in [0.1, 0.15) is 32.4 Å². The first-order valence-electron chi connectivity index (χ1n) is 4.53. The zero-order chi connectivity index (χ0) is 10.9. The van der Waals surface area contributed by atoms with E-state index in [1.54, 1.807) is 6.07 Å². The van der Waals surface area contributed by atoms with Gasteiger partial charge in [-0.15, -0.1) is 12.4 Å². The van der Waals surface area contributed by atoms with E-state index in [0.717, 1.165) is 5.56 Å². The van der Waals surface area contributed by atoms with E-state index in [4.69, 9.17) is 5.73 Å². The zero-order valence-corrected chi connectivity index (χ0v) is 11.5. The summed E-state index contributed by atoms with van der Waals surface area (Å²) >= 11 is 3.11. The van der Waals surface area contributed by atoms with Crippen LogP contribution in [0.25, 0.3) is 0 Å². The average Bonchev–Trinajstić information content (AvgIpc) is 2.07. The van der Waals surface area contributed by atoms with Crippen molar-refractivity contribution < 1.29 is 4.39 Å². The molecule has 1 aromatic rings. The lowest BCUT2D eigenvalue weighted by molar-refractivity contribution is 0.326. The van der Waals surface area contributed by atoms with Crippen molar-refractivity contribution in [3.05, 3.63) is 34.1 Å². The SMILES string of the molecule is CC(C)(C)[C@H](N)c1ccc(Br)c(F)c1.Cl. The summed E-state index contributed by atoms with van der Waals surface area (Å²) in [6, 6.07) is 4.88. The summed E-state index contributed by atoms with van der Waals surface area (Å²) in [4.78, 5) is 0. The first-order valence-corrected chi connectivity index (χ1v) is 5.32. The number of benzene rings is 1. The second kappa shape index (κ2) is 5.28. The molecule has 0 radical (unpaired) electrons. The Morgan fingerprint density at radius 1 is 1.33 bits per heavy atom. The number of nitrogens with two attached hydrogens (primary N) is 1. The van der Waals surface area contributed by atoms with Gasteiger partial charge in [-0.25, -0.2) is 4.39 Å². The maximum absolute atomic E-state index is 13.2. The Morgan fingerprint density at radius 3 is 2.27 bits per heavy atom. The number of hydrogen-bond acceptors (Lipinski definition) is 1. The minimum Gasteiger partial charge on any atom is -0.324 e. The summed E-state index contributed by atoms with van der Waals surface area (Å²) in [6.45, 7) is 6.12. The summed E-state index contributed by atoms with van der Waals surface area (Å²) in [5.41, 5.74) is 6.79. The van der Waals surface area contributed by atoms with E-state index >= 15 is 0 Å². The topological polar surface area (TPSA) is 26.0 Å². The summed E-state index contributed by atoms with van der Waals surface area (Å²) < 4.78 is 13.7. The molecule has 0 spiro atoms. The summed E-state index contributed by atoms with van der Waals surface area (Å²) in [5.74, 6) is -0.262. The van der Waals surface area contributed by atoms with E-state index in [2.05, 4.69) is 15.9 Å². The van der Waals surface area contributed by atoms with Crippen LogP contribution in [0.5, 0.6) is 0 Å². The first-order chi connectivity index (χ1) is 6.32. The van der Waals surface area contributed by atoms with Gasteiger partial charge in [-0.2, -0.15) is 0 Å². The van der Waals surface area contributed by atoms with Crippen LogP contribution in [-0.2, 0) is 0 Å². The quantitative estimate of drug-likeness (QED) is 0.831. The highest BCUT2D eigenvalue weighted by molar-refractivity contribution is 9.10. The monoisotopic (exact) mass is 295 g/mol. The van der Waals surface area contributed by atoms with E-state index in [-0.39, 0.29) is 29.7 Å². The molecule has 0 heterocycles. The molecule has 0 bridgehead atoms. The van der Waals surface area contributed by atoms with Crippen LogP contribution >= 0.6 is 28.3 Å². The van der Waals surface area contributed by atoms with Gasteiger partial charge in [0.25, 0.3) is 0 Å². The summed E-state index contributed by atoms with van der Waals surface area (Å²) in [7, 11) is 0. The van der Waals surface area contributed by atoms with E-state index in [1.807, 2.05) is 26.8 Å². The highest BCUT2D eigenvalue weighted by Gasteiger charge is 2.22. The van der Waals surface area contributed by atoms with Crippen molar-refractivity contribution in [1.82, 2.24) is 0 Å². The van der Waals surface area contributed by atoms with Gasteiger partial charge in [0.2, 0.25) is 0 Å². The Bertz CT molecular complexity index is 336. The molecule has 1 atom stereocenters. The van der Waals surface area contributed by atoms with Gasteiger partial charge in [0.1, 0.15) is 5.82 Å². The van der Waals surface area contributed by atoms with Gasteiger partial charge >= 0.3 is 0 Å². The van der Waals surface area contributed by atoms with Crippen LogP contribution in [0, 0.1) is 11.2 Å². The Morgan fingerprint density at radius 2 is 1.87 bits per heavy atom. The second-order valence-electron chi connectivity index (χ2n) is 4.52. The van der Waals surface area contributed by atoms with Gasteiger partial charge < -0.3 is 5.73 Å². The third-order valence-corrected chi connectivity index (χ3v) is 2.88. The van der Waals surface area contributed by atoms with Crippen LogP contribution in [0.3, 0.4) is 0 Å². The second-order valence-corrected chi connectivity index (χ2v) is 5.37. The fourth-order valence-electron chi connectivity index (χ4n) is 1.21. The lowest BCUT2D eigenvalue weighted by Crippen LogP contribution is -2.26. The molecule has 1 nitrogen and oxygen atoms in total. The van der Waals surface area contributed by atoms with Crippen molar-refractivity contribution in [2.45, 2.75) is 26.8 Å². The minimum absolute atomic E-state index is 0. The fraction of sp³-hybridized carbons (Fsp3) is 0.455. The molecule has 0 aliphatic rings. The molecule has 1 aromatic carbocycles. The third kappa shape index (κ3) is 3.74. The van der Waals surface area contributed by atoms with E-state index in [9.17, 15) is 4.39 Å². The molecular formula is C11H16BrClFN. The van der Waals surface area contributed by atoms with Crippen LogP contribution in [0.4, 0.5) is 4.39 Å². The summed E-state index contributed by atoms with van der Waals surface area (Å²) in [6.07, 6.45) is 0. The molecule has 0 aliphatic carbocycles. The van der Waals surface area contributed by atoms with Crippen LogP contribution in [0.15, 0.2) is 22.7 Å². The molecule has 2 N–H and O–H groups in total. The van der Waals surface area contributed by atoms with E-state index < -0.39 is 0 Å². The molecule has 86 valence electrons. The van der Waals surface area contributed by atoms with E-state index in [0.29, 0.717) is 4.47 Å². The molecule has 0 fully saturated rings. The molecule has 0 amide bonds. The number of rotatable bonds is 1. The Labute approximate surface area is 105 Å². The van der Waals surface area contributed by atoms with Gasteiger partial charge in [0, 0.05) is 6.04 Å². The largest absolute Gasteiger partial charge is 0.324 e. The maximum atomic E-state index is 13.2. The Hall–Kier alpha value is -0.120. The lowest BCUT2D eigenvalue weighted by atomic mass is 9.83. The predicted octanol–water partition coefficient (Wildman–Crippen LogP) is 4.06. The number of hydrogen-bond donors (Lipinski definition) is 1. The molecule has 0 unspecified atom stereocenters. The molecular weight excluding hydrogens is 280 g/mol. The number of halogens is 3. The van der Waals surface area contributed by atoms with Gasteiger partial charge in [0.05, 0.1) is 4.47 Å². The molecule has 0 saturated carbocycles. The van der Waals surface area contributed by atoms with Gasteiger partial charge in [-0.05, 0) is 39.0 Å². The standard InChI is InChI=1S/C11H15BrFN.ClH/c1-11(2,3)10(14)7-4-5-8(12)9(13)6-7;/h4-6,10H,14H2,1-3H3;1H/t10-;/m1./s1. The van der Waals surface area contributed by atoms with Crippen molar-refractivity contribution in [1.29, 1.82) is 0 Å². The Balaban J connectivity index is 0.00000196. The molecule has 0 saturated heterocycles. The molecule has 4 heteroatoms. The van der Waals surface area contributed by atoms with Gasteiger partial charge in [0.15, 0.2) is 0 Å². The predicted molar refractivity (Wildman–Crippen MR) is 67.7 cm³/mol. The van der Waals surface area contributed by atoms with Crippen molar-refractivity contribution in [2.75, 3.05) is 0 Å². The van der Waals surface area contributed by atoms with Gasteiger partial charge in [-0.1, -0.05) is 26.8 Å². The lowest BCUT2D eigenvalue weighted by Gasteiger charge is -2.27. The maximum Gasteiger partial charge on any atom is 0.137 e. The smallest absolute Gasteiger partial charge is 0.137 e. The molecule has 1 rings (SSSR count). The van der Waals surface area contributed by atoms with Crippen molar-refractivity contribution in [3.8, 4) is 0 Å².